The van der Waals surface area contributed by atoms with Crippen molar-refractivity contribution in [2.45, 2.75) is 97.8 Å². The highest BCUT2D eigenvalue weighted by Crippen LogP contribution is 2.08. The fourth-order valence-electron chi connectivity index (χ4n) is 2.62. The molecule has 0 aromatic rings. The molecule has 1 nitrogen and oxygen atoms in total. The van der Waals surface area contributed by atoms with E-state index in [0.29, 0.717) is 0 Å². The van der Waals surface area contributed by atoms with Gasteiger partial charge in [-0.2, -0.15) is 0 Å². The minimum atomic E-state index is 0. The van der Waals surface area contributed by atoms with Crippen molar-refractivity contribution in [3.8, 4) is 0 Å². The summed E-state index contributed by atoms with van der Waals surface area (Å²) in [5.74, 6) is 0. The predicted octanol–water partition coefficient (Wildman–Crippen LogP) is 6.18. The molecular weight excluding hydrogens is 249 g/mol. The SMILES string of the molecule is CCCCCCN(CCCCCC)CCCCCC.F. The van der Waals surface area contributed by atoms with Gasteiger partial charge in [-0.1, -0.05) is 78.6 Å². The Morgan fingerprint density at radius 1 is 0.450 bits per heavy atom. The summed E-state index contributed by atoms with van der Waals surface area (Å²) < 4.78 is 0. The molecule has 0 aromatic carbocycles. The van der Waals surface area contributed by atoms with Crippen molar-refractivity contribution in [1.82, 2.24) is 4.90 Å². The number of hydrogen-bond donors (Lipinski definition) is 0. The van der Waals surface area contributed by atoms with Gasteiger partial charge >= 0.3 is 0 Å². The fraction of sp³-hybridized carbons (Fsp3) is 1.00. The molecular formula is C18H40FN. The molecule has 124 valence electrons. The molecule has 0 bridgehead atoms. The highest BCUT2D eigenvalue weighted by Gasteiger charge is 2.04. The normalized spacial score (nSPS) is 10.8. The highest BCUT2D eigenvalue weighted by atomic mass is 19.0. The number of unbranched alkanes of at least 4 members (excludes halogenated alkanes) is 9. The van der Waals surface area contributed by atoms with E-state index in [-0.39, 0.29) is 4.70 Å². The molecule has 0 radical (unpaired) electrons. The van der Waals surface area contributed by atoms with Crippen LogP contribution in [0.15, 0.2) is 0 Å². The van der Waals surface area contributed by atoms with Gasteiger partial charge in [0, 0.05) is 0 Å². The van der Waals surface area contributed by atoms with Crippen LogP contribution in [-0.4, -0.2) is 24.5 Å². The first-order chi connectivity index (χ1) is 9.35. The van der Waals surface area contributed by atoms with Crippen LogP contribution >= 0.6 is 0 Å². The van der Waals surface area contributed by atoms with Gasteiger partial charge in [0.05, 0.1) is 0 Å². The van der Waals surface area contributed by atoms with E-state index in [1.54, 1.807) is 0 Å². The average molecular weight is 290 g/mol. The third-order valence-corrected chi connectivity index (χ3v) is 3.98. The molecule has 0 heterocycles. The van der Waals surface area contributed by atoms with Crippen molar-refractivity contribution >= 4 is 0 Å². The van der Waals surface area contributed by atoms with Gasteiger partial charge in [-0.25, -0.2) is 0 Å². The van der Waals surface area contributed by atoms with Gasteiger partial charge in [-0.05, 0) is 38.9 Å². The Morgan fingerprint density at radius 3 is 1.00 bits per heavy atom. The second-order valence-corrected chi connectivity index (χ2v) is 6.02. The highest BCUT2D eigenvalue weighted by molar-refractivity contribution is 4.59. The van der Waals surface area contributed by atoms with Crippen molar-refractivity contribution in [2.24, 2.45) is 0 Å². The van der Waals surface area contributed by atoms with Crippen LogP contribution in [0.5, 0.6) is 0 Å². The zero-order valence-corrected chi connectivity index (χ0v) is 14.5. The Morgan fingerprint density at radius 2 is 0.750 bits per heavy atom. The minimum Gasteiger partial charge on any atom is -0.303 e. The molecule has 0 saturated heterocycles. The van der Waals surface area contributed by atoms with Crippen molar-refractivity contribution in [3.63, 3.8) is 0 Å². The third kappa shape index (κ3) is 15.9. The van der Waals surface area contributed by atoms with Crippen LogP contribution < -0.4 is 0 Å². The molecule has 0 spiro atoms. The van der Waals surface area contributed by atoms with Crippen LogP contribution in [0.4, 0.5) is 4.70 Å². The van der Waals surface area contributed by atoms with Gasteiger partial charge < -0.3 is 4.90 Å². The Labute approximate surface area is 127 Å². The lowest BCUT2D eigenvalue weighted by Crippen LogP contribution is -2.27. The lowest BCUT2D eigenvalue weighted by Gasteiger charge is -2.22. The van der Waals surface area contributed by atoms with E-state index in [2.05, 4.69) is 25.7 Å². The van der Waals surface area contributed by atoms with Gasteiger partial charge in [0.2, 0.25) is 0 Å². The summed E-state index contributed by atoms with van der Waals surface area (Å²) >= 11 is 0. The van der Waals surface area contributed by atoms with Crippen LogP contribution in [0, 0.1) is 0 Å². The Hall–Kier alpha value is -0.110. The predicted molar refractivity (Wildman–Crippen MR) is 91.4 cm³/mol. The van der Waals surface area contributed by atoms with E-state index in [1.807, 2.05) is 0 Å². The fourth-order valence-corrected chi connectivity index (χ4v) is 2.62. The molecule has 0 unspecified atom stereocenters. The largest absolute Gasteiger partial charge is 0.303 e. The lowest BCUT2D eigenvalue weighted by atomic mass is 10.1. The van der Waals surface area contributed by atoms with Crippen LogP contribution in [0.2, 0.25) is 0 Å². The van der Waals surface area contributed by atoms with Crippen molar-refractivity contribution < 1.29 is 4.70 Å². The third-order valence-electron chi connectivity index (χ3n) is 3.98. The molecule has 0 aliphatic heterocycles. The number of hydrogen-bond acceptors (Lipinski definition) is 1. The van der Waals surface area contributed by atoms with Gasteiger partial charge in [-0.15, -0.1) is 0 Å². The van der Waals surface area contributed by atoms with Gasteiger partial charge in [0.15, 0.2) is 0 Å². The van der Waals surface area contributed by atoms with Crippen molar-refractivity contribution in [3.05, 3.63) is 0 Å². The Balaban J connectivity index is 0. The molecule has 2 heteroatoms. The monoisotopic (exact) mass is 289 g/mol. The molecule has 0 N–H and O–H groups in total. The lowest BCUT2D eigenvalue weighted by molar-refractivity contribution is 0.255. The summed E-state index contributed by atoms with van der Waals surface area (Å²) in [6.45, 7) is 10.9. The minimum absolute atomic E-state index is 0. The van der Waals surface area contributed by atoms with E-state index < -0.39 is 0 Å². The summed E-state index contributed by atoms with van der Waals surface area (Å²) in [4.78, 5) is 2.74. The van der Waals surface area contributed by atoms with Crippen molar-refractivity contribution in [1.29, 1.82) is 0 Å². The topological polar surface area (TPSA) is 3.24 Å². The molecule has 0 saturated carbocycles. The molecule has 0 aliphatic carbocycles. The second-order valence-electron chi connectivity index (χ2n) is 6.02. The van der Waals surface area contributed by atoms with E-state index in [4.69, 9.17) is 0 Å². The second kappa shape index (κ2) is 18.9. The van der Waals surface area contributed by atoms with E-state index in [9.17, 15) is 0 Å². The first-order valence-corrected chi connectivity index (χ1v) is 9.07. The van der Waals surface area contributed by atoms with Gasteiger partial charge in [0.25, 0.3) is 0 Å². The maximum atomic E-state index is 2.74. The van der Waals surface area contributed by atoms with Crippen LogP contribution in [0.3, 0.4) is 0 Å². The summed E-state index contributed by atoms with van der Waals surface area (Å²) in [6, 6.07) is 0. The smallest absolute Gasteiger partial charge is 0.00187 e. The Bertz CT molecular complexity index is 133. The molecule has 0 fully saturated rings. The summed E-state index contributed by atoms with van der Waals surface area (Å²) in [5.41, 5.74) is 0. The standard InChI is InChI=1S/C18H39N.FH/c1-4-7-10-13-16-19(17-14-11-8-5-2)18-15-12-9-6-3;/h4-18H2,1-3H3;1H. The molecule has 0 aromatic heterocycles. The first kappa shape index (κ1) is 22.2. The molecule has 0 atom stereocenters. The van der Waals surface area contributed by atoms with E-state index in [1.165, 1.54) is 96.7 Å². The molecule has 0 rings (SSSR count). The average Bonchev–Trinajstić information content (AvgIpc) is 2.43. The molecule has 0 aliphatic rings. The van der Waals surface area contributed by atoms with Crippen LogP contribution in [-0.2, 0) is 0 Å². The van der Waals surface area contributed by atoms with Crippen molar-refractivity contribution in [2.75, 3.05) is 19.6 Å². The zero-order valence-electron chi connectivity index (χ0n) is 14.5. The molecule has 20 heavy (non-hydrogen) atoms. The Kier molecular flexibility index (Phi) is 20.9. The quantitative estimate of drug-likeness (QED) is 0.325. The van der Waals surface area contributed by atoms with E-state index >= 15 is 0 Å². The summed E-state index contributed by atoms with van der Waals surface area (Å²) in [7, 11) is 0. The number of rotatable bonds is 15. The van der Waals surface area contributed by atoms with Gasteiger partial charge in [-0.3, -0.25) is 4.70 Å². The van der Waals surface area contributed by atoms with Gasteiger partial charge in [0.1, 0.15) is 0 Å². The van der Waals surface area contributed by atoms with Crippen LogP contribution in [0.1, 0.15) is 97.8 Å². The first-order valence-electron chi connectivity index (χ1n) is 9.07. The maximum absolute atomic E-state index is 2.74. The van der Waals surface area contributed by atoms with E-state index in [0.717, 1.165) is 0 Å². The van der Waals surface area contributed by atoms with Crippen LogP contribution in [0.25, 0.3) is 0 Å². The zero-order chi connectivity index (χ0) is 14.2. The molecule has 0 amide bonds. The number of halogens is 1. The number of nitrogens with zero attached hydrogens (tertiary/aromatic N) is 1. The maximum Gasteiger partial charge on any atom is -0.00187 e. The summed E-state index contributed by atoms with van der Waals surface area (Å²) in [5, 5.41) is 0. The summed E-state index contributed by atoms with van der Waals surface area (Å²) in [6.07, 6.45) is 16.8.